The van der Waals surface area contributed by atoms with Gasteiger partial charge >= 0.3 is 5.97 Å². The summed E-state index contributed by atoms with van der Waals surface area (Å²) >= 11 is 0. The Balaban J connectivity index is 2.18. The van der Waals surface area contributed by atoms with E-state index in [-0.39, 0.29) is 24.4 Å². The third kappa shape index (κ3) is 5.23. The minimum Gasteiger partial charge on any atom is -0.449 e. The molecule has 0 saturated carbocycles. The van der Waals surface area contributed by atoms with Gasteiger partial charge in [-0.3, -0.25) is 14.9 Å². The molecule has 2 aromatic carbocycles. The highest BCUT2D eigenvalue weighted by Gasteiger charge is 2.24. The second-order valence-corrected chi connectivity index (χ2v) is 5.90. The Morgan fingerprint density at radius 2 is 1.83 bits per heavy atom. The molecular weight excluding hydrogens is 411 g/mol. The topological polar surface area (TPSA) is 131 Å². The van der Waals surface area contributed by atoms with Crippen molar-refractivity contribution in [2.75, 3.05) is 23.8 Å². The molecule has 0 fully saturated rings. The van der Waals surface area contributed by atoms with Gasteiger partial charge in [-0.2, -0.15) is 0 Å². The first kappa shape index (κ1) is 22.6. The summed E-state index contributed by atoms with van der Waals surface area (Å²) < 4.78 is 44.8. The van der Waals surface area contributed by atoms with Gasteiger partial charge in [0.05, 0.1) is 22.8 Å². The molecule has 160 valence electrons. The highest BCUT2D eigenvalue weighted by atomic mass is 19.2. The van der Waals surface area contributed by atoms with Crippen molar-refractivity contribution < 1.29 is 37.5 Å². The number of hydrogen-bond donors (Lipinski definition) is 3. The smallest absolute Gasteiger partial charge is 0.341 e. The average molecular weight is 427 g/mol. The number of nitro groups is 1. The van der Waals surface area contributed by atoms with E-state index in [4.69, 9.17) is 9.84 Å². The van der Waals surface area contributed by atoms with E-state index in [2.05, 4.69) is 5.32 Å². The van der Waals surface area contributed by atoms with Crippen LogP contribution in [-0.4, -0.2) is 41.2 Å². The lowest BCUT2D eigenvalue weighted by atomic mass is 10.1. The molecule has 0 aliphatic heterocycles. The van der Waals surface area contributed by atoms with Gasteiger partial charge < -0.3 is 20.5 Å². The first-order chi connectivity index (χ1) is 14.1. The second kappa shape index (κ2) is 9.69. The summed E-state index contributed by atoms with van der Waals surface area (Å²) in [6.07, 6.45) is -1.52. The van der Waals surface area contributed by atoms with Gasteiger partial charge in [-0.15, -0.1) is 0 Å². The number of benzene rings is 2. The zero-order valence-electron chi connectivity index (χ0n) is 15.4. The zero-order chi connectivity index (χ0) is 22.4. The van der Waals surface area contributed by atoms with Crippen LogP contribution < -0.4 is 10.6 Å². The van der Waals surface area contributed by atoms with Crippen molar-refractivity contribution in [3.63, 3.8) is 0 Å². The van der Waals surface area contributed by atoms with Crippen molar-refractivity contribution in [2.24, 2.45) is 0 Å². The van der Waals surface area contributed by atoms with Gasteiger partial charge in [0.2, 0.25) is 0 Å². The summed E-state index contributed by atoms with van der Waals surface area (Å²) in [5.74, 6) is -7.03. The van der Waals surface area contributed by atoms with E-state index in [1.54, 1.807) is 0 Å². The summed E-state index contributed by atoms with van der Waals surface area (Å²) in [6, 6.07) is 4.66. The number of hydrogen-bond acceptors (Lipinski definition) is 7. The van der Waals surface area contributed by atoms with E-state index in [1.807, 2.05) is 5.32 Å². The lowest BCUT2D eigenvalue weighted by molar-refractivity contribution is -0.384. The van der Waals surface area contributed by atoms with Crippen LogP contribution in [0.3, 0.4) is 0 Å². The van der Waals surface area contributed by atoms with E-state index in [9.17, 15) is 32.9 Å². The number of amides is 1. The monoisotopic (exact) mass is 427 g/mol. The summed E-state index contributed by atoms with van der Waals surface area (Å²) in [5, 5.41) is 24.5. The minimum atomic E-state index is -1.78. The Morgan fingerprint density at radius 1 is 1.17 bits per heavy atom. The Kier molecular flexibility index (Phi) is 7.31. The lowest BCUT2D eigenvalue weighted by Gasteiger charge is -2.16. The van der Waals surface area contributed by atoms with Gasteiger partial charge in [0.15, 0.2) is 23.6 Å². The Morgan fingerprint density at radius 3 is 2.47 bits per heavy atom. The molecule has 1 unspecified atom stereocenters. The molecule has 2 rings (SSSR count). The number of nitro benzene ring substituents is 1. The zero-order valence-corrected chi connectivity index (χ0v) is 15.4. The van der Waals surface area contributed by atoms with Crippen molar-refractivity contribution >= 4 is 28.9 Å². The summed E-state index contributed by atoms with van der Waals surface area (Å²) in [4.78, 5) is 34.8. The van der Waals surface area contributed by atoms with Crippen LogP contribution in [0.15, 0.2) is 30.3 Å². The number of non-ortho nitro benzene ring substituents is 1. The number of nitrogens with zero attached hydrogens (tertiary/aromatic N) is 1. The maximum absolute atomic E-state index is 13.7. The van der Waals surface area contributed by atoms with Gasteiger partial charge in [0, 0.05) is 24.4 Å². The van der Waals surface area contributed by atoms with Gasteiger partial charge in [-0.1, -0.05) is 0 Å². The van der Waals surface area contributed by atoms with Crippen LogP contribution >= 0.6 is 0 Å². The summed E-state index contributed by atoms with van der Waals surface area (Å²) in [5.41, 5.74) is -1.25. The third-order valence-corrected chi connectivity index (χ3v) is 3.81. The molecule has 1 amide bonds. The molecule has 0 bridgehead atoms. The molecule has 0 aromatic heterocycles. The van der Waals surface area contributed by atoms with E-state index in [0.717, 1.165) is 25.1 Å². The van der Waals surface area contributed by atoms with Crippen LogP contribution in [0.25, 0.3) is 0 Å². The normalized spacial score (nSPS) is 11.5. The molecule has 12 heteroatoms. The van der Waals surface area contributed by atoms with Crippen LogP contribution in [-0.2, 0) is 9.53 Å². The SMILES string of the molecule is CC(OC(=O)c1cc([N+](=O)[O-])ccc1NCCO)C(=O)Nc1ccc(F)c(F)c1F. The molecule has 0 aliphatic carbocycles. The molecule has 9 nitrogen and oxygen atoms in total. The van der Waals surface area contributed by atoms with Gasteiger partial charge in [0.1, 0.15) is 0 Å². The fourth-order valence-corrected chi connectivity index (χ4v) is 2.29. The molecule has 0 radical (unpaired) electrons. The first-order valence-corrected chi connectivity index (χ1v) is 8.44. The predicted molar refractivity (Wildman–Crippen MR) is 98.5 cm³/mol. The van der Waals surface area contributed by atoms with Gasteiger partial charge in [-0.25, -0.2) is 18.0 Å². The Labute approximate surface area is 167 Å². The molecule has 0 saturated heterocycles. The van der Waals surface area contributed by atoms with E-state index >= 15 is 0 Å². The van der Waals surface area contributed by atoms with E-state index in [1.165, 1.54) is 6.07 Å². The number of ether oxygens (including phenoxy) is 1. The van der Waals surface area contributed by atoms with Crippen molar-refractivity contribution in [3.05, 3.63) is 63.5 Å². The van der Waals surface area contributed by atoms with Crippen LogP contribution in [0.1, 0.15) is 17.3 Å². The lowest BCUT2D eigenvalue weighted by Crippen LogP contribution is -2.30. The van der Waals surface area contributed by atoms with Gasteiger partial charge in [0.25, 0.3) is 11.6 Å². The molecule has 0 aliphatic rings. The number of carbonyl (C=O) groups is 2. The van der Waals surface area contributed by atoms with Crippen molar-refractivity contribution in [3.8, 4) is 0 Å². The predicted octanol–water partition coefficient (Wildman–Crippen LogP) is 2.60. The number of aliphatic hydroxyl groups excluding tert-OH is 1. The fourth-order valence-electron chi connectivity index (χ4n) is 2.29. The molecule has 30 heavy (non-hydrogen) atoms. The maximum atomic E-state index is 13.7. The number of halogens is 3. The van der Waals surface area contributed by atoms with Crippen molar-refractivity contribution in [1.82, 2.24) is 0 Å². The quantitative estimate of drug-likeness (QED) is 0.255. The number of carbonyl (C=O) groups excluding carboxylic acids is 2. The maximum Gasteiger partial charge on any atom is 0.341 e. The third-order valence-electron chi connectivity index (χ3n) is 3.81. The number of rotatable bonds is 8. The number of esters is 1. The van der Waals surface area contributed by atoms with Gasteiger partial charge in [-0.05, 0) is 25.1 Å². The summed E-state index contributed by atoms with van der Waals surface area (Å²) in [6.45, 7) is 0.872. The first-order valence-electron chi connectivity index (χ1n) is 8.44. The Bertz CT molecular complexity index is 986. The standard InChI is InChI=1S/C18H16F3N3O6/c1-9(17(26)23-14-5-3-12(19)15(20)16(14)21)30-18(27)11-8-10(24(28)29)2-4-13(11)22-6-7-25/h2-5,8-9,22,25H,6-7H2,1H3,(H,23,26). The summed E-state index contributed by atoms with van der Waals surface area (Å²) in [7, 11) is 0. The molecule has 0 heterocycles. The van der Waals surface area contributed by atoms with Crippen LogP contribution in [0, 0.1) is 27.6 Å². The average Bonchev–Trinajstić information content (AvgIpc) is 2.72. The number of anilines is 2. The van der Waals surface area contributed by atoms with E-state index < -0.39 is 51.7 Å². The molecule has 3 N–H and O–H groups in total. The second-order valence-electron chi connectivity index (χ2n) is 5.90. The highest BCUT2D eigenvalue weighted by Crippen LogP contribution is 2.24. The van der Waals surface area contributed by atoms with Crippen molar-refractivity contribution in [2.45, 2.75) is 13.0 Å². The largest absolute Gasteiger partial charge is 0.449 e. The van der Waals surface area contributed by atoms with Crippen LogP contribution in [0.5, 0.6) is 0 Å². The van der Waals surface area contributed by atoms with E-state index in [0.29, 0.717) is 6.07 Å². The minimum absolute atomic E-state index is 0.0313. The highest BCUT2D eigenvalue weighted by molar-refractivity contribution is 6.00. The van der Waals surface area contributed by atoms with Crippen molar-refractivity contribution in [1.29, 1.82) is 0 Å². The number of aliphatic hydroxyl groups is 1. The fraction of sp³-hybridized carbons (Fsp3) is 0.222. The Hall–Kier alpha value is -3.67. The molecular formula is C18H16F3N3O6. The molecule has 0 spiro atoms. The molecule has 2 aromatic rings. The molecule has 1 atom stereocenters. The van der Waals surface area contributed by atoms with Crippen LogP contribution in [0.4, 0.5) is 30.2 Å². The number of nitrogens with one attached hydrogen (secondary N) is 2. The van der Waals surface area contributed by atoms with Crippen LogP contribution in [0.2, 0.25) is 0 Å².